The van der Waals surface area contributed by atoms with E-state index in [0.717, 1.165) is 30.9 Å². The second kappa shape index (κ2) is 8.50. The zero-order valence-electron chi connectivity index (χ0n) is 16.4. The lowest BCUT2D eigenvalue weighted by Crippen LogP contribution is -2.20. The molecule has 0 fully saturated rings. The van der Waals surface area contributed by atoms with Crippen LogP contribution in [0.15, 0.2) is 24.3 Å². The molecule has 0 unspecified atom stereocenters. The van der Waals surface area contributed by atoms with Crippen LogP contribution in [0.3, 0.4) is 0 Å². The molecular formula is C20H32N4O. The number of aromatic nitrogens is 2. The number of rotatable bonds is 8. The molecular weight excluding hydrogens is 312 g/mol. The molecule has 1 aromatic heterocycles. The summed E-state index contributed by atoms with van der Waals surface area (Å²) < 4.78 is 2.12. The summed E-state index contributed by atoms with van der Waals surface area (Å²) >= 11 is 0. The summed E-state index contributed by atoms with van der Waals surface area (Å²) in [5.41, 5.74) is 4.50. The van der Waals surface area contributed by atoms with Gasteiger partial charge in [0.25, 0.3) is 0 Å². The highest BCUT2D eigenvalue weighted by molar-refractivity contribution is 5.49. The molecule has 1 heterocycles. The minimum atomic E-state index is -0.417. The minimum Gasteiger partial charge on any atom is -0.389 e. The smallest absolute Gasteiger partial charge is 0.131 e. The molecule has 2 aromatic rings. The van der Waals surface area contributed by atoms with Gasteiger partial charge in [0.05, 0.1) is 11.8 Å². The summed E-state index contributed by atoms with van der Waals surface area (Å²) in [4.78, 5) is 2.15. The Morgan fingerprint density at radius 3 is 2.28 bits per heavy atom. The van der Waals surface area contributed by atoms with Crippen molar-refractivity contribution in [1.29, 1.82) is 0 Å². The van der Waals surface area contributed by atoms with Crippen LogP contribution in [0.25, 0.3) is 0 Å². The molecule has 25 heavy (non-hydrogen) atoms. The largest absolute Gasteiger partial charge is 0.389 e. The molecule has 0 saturated heterocycles. The summed E-state index contributed by atoms with van der Waals surface area (Å²) in [7, 11) is 4.15. The average Bonchev–Trinajstić information content (AvgIpc) is 2.82. The van der Waals surface area contributed by atoms with Crippen LogP contribution >= 0.6 is 0 Å². The van der Waals surface area contributed by atoms with Gasteiger partial charge in [-0.1, -0.05) is 38.1 Å². The fourth-order valence-corrected chi connectivity index (χ4v) is 3.03. The lowest BCUT2D eigenvalue weighted by Gasteiger charge is -2.18. The molecule has 2 rings (SSSR count). The first-order valence-electron chi connectivity index (χ1n) is 9.00. The van der Waals surface area contributed by atoms with Crippen LogP contribution in [-0.4, -0.2) is 29.0 Å². The summed E-state index contributed by atoms with van der Waals surface area (Å²) in [6.45, 7) is 10.8. The van der Waals surface area contributed by atoms with Crippen molar-refractivity contribution in [3.8, 4) is 0 Å². The summed E-state index contributed by atoms with van der Waals surface area (Å²) in [5.74, 6) is 1.74. The van der Waals surface area contributed by atoms with Gasteiger partial charge in [-0.05, 0) is 30.9 Å². The zero-order chi connectivity index (χ0) is 18.6. The van der Waals surface area contributed by atoms with E-state index in [1.54, 1.807) is 6.92 Å². The van der Waals surface area contributed by atoms with Gasteiger partial charge in [0.2, 0.25) is 0 Å². The van der Waals surface area contributed by atoms with Gasteiger partial charge in [-0.2, -0.15) is 5.10 Å². The van der Waals surface area contributed by atoms with Crippen molar-refractivity contribution in [3.63, 3.8) is 0 Å². The maximum Gasteiger partial charge on any atom is 0.131 e. The van der Waals surface area contributed by atoms with Crippen LogP contribution in [-0.2, 0) is 19.6 Å². The Balaban J connectivity index is 2.06. The van der Waals surface area contributed by atoms with Gasteiger partial charge in [0, 0.05) is 39.3 Å². The van der Waals surface area contributed by atoms with Gasteiger partial charge in [0.1, 0.15) is 5.82 Å². The standard InChI is InChI=1S/C20H32N4O/c1-14(2)13-24-20(23(5)6)19(15(3)22-24)12-21-11-17-7-9-18(10-8-17)16(4)25/h7-10,14,16,21,25H,11-13H2,1-6H3/t16-/m1/s1. The number of hydrogen-bond acceptors (Lipinski definition) is 4. The van der Waals surface area contributed by atoms with Crippen LogP contribution < -0.4 is 10.2 Å². The maximum absolute atomic E-state index is 9.59. The van der Waals surface area contributed by atoms with Gasteiger partial charge >= 0.3 is 0 Å². The molecule has 0 bridgehead atoms. The van der Waals surface area contributed by atoms with E-state index in [1.807, 2.05) is 12.1 Å². The van der Waals surface area contributed by atoms with Gasteiger partial charge in [-0.3, -0.25) is 0 Å². The summed E-state index contributed by atoms with van der Waals surface area (Å²) in [5, 5.41) is 17.9. The Bertz CT molecular complexity index is 672. The molecule has 1 atom stereocenters. The van der Waals surface area contributed by atoms with Gasteiger partial charge in [0.15, 0.2) is 0 Å². The first kappa shape index (κ1) is 19.5. The highest BCUT2D eigenvalue weighted by Crippen LogP contribution is 2.23. The Morgan fingerprint density at radius 1 is 1.12 bits per heavy atom. The third-order valence-electron chi connectivity index (χ3n) is 4.28. The number of nitrogens with zero attached hydrogens (tertiary/aromatic N) is 3. The number of aliphatic hydroxyl groups is 1. The molecule has 2 N–H and O–H groups in total. The Labute approximate surface area is 151 Å². The second-order valence-corrected chi connectivity index (χ2v) is 7.38. The first-order valence-corrected chi connectivity index (χ1v) is 9.00. The maximum atomic E-state index is 9.59. The van der Waals surface area contributed by atoms with E-state index in [-0.39, 0.29) is 0 Å². The van der Waals surface area contributed by atoms with Crippen molar-refractivity contribution in [3.05, 3.63) is 46.6 Å². The van der Waals surface area contributed by atoms with E-state index in [4.69, 9.17) is 5.10 Å². The van der Waals surface area contributed by atoms with Crippen LogP contribution in [0.2, 0.25) is 0 Å². The number of aliphatic hydroxyl groups excluding tert-OH is 1. The predicted molar refractivity (Wildman–Crippen MR) is 104 cm³/mol. The lowest BCUT2D eigenvalue weighted by atomic mass is 10.1. The Hall–Kier alpha value is -1.85. The third-order valence-corrected chi connectivity index (χ3v) is 4.28. The summed E-state index contributed by atoms with van der Waals surface area (Å²) in [6.07, 6.45) is -0.417. The van der Waals surface area contributed by atoms with E-state index in [9.17, 15) is 5.11 Å². The lowest BCUT2D eigenvalue weighted by molar-refractivity contribution is 0.199. The Kier molecular flexibility index (Phi) is 6.62. The van der Waals surface area contributed by atoms with Crippen molar-refractivity contribution >= 4 is 5.82 Å². The molecule has 0 aliphatic heterocycles. The van der Waals surface area contributed by atoms with Crippen LogP contribution in [0.1, 0.15) is 49.3 Å². The van der Waals surface area contributed by atoms with Crippen molar-refractivity contribution in [2.24, 2.45) is 5.92 Å². The molecule has 5 heteroatoms. The van der Waals surface area contributed by atoms with Crippen molar-refractivity contribution < 1.29 is 5.11 Å². The molecule has 1 aromatic carbocycles. The zero-order valence-corrected chi connectivity index (χ0v) is 16.4. The predicted octanol–water partition coefficient (Wildman–Crippen LogP) is 3.26. The molecule has 0 aliphatic carbocycles. The van der Waals surface area contributed by atoms with Gasteiger partial charge in [-0.15, -0.1) is 0 Å². The van der Waals surface area contributed by atoms with E-state index in [1.165, 1.54) is 16.9 Å². The van der Waals surface area contributed by atoms with Gasteiger partial charge in [-0.25, -0.2) is 4.68 Å². The molecule has 0 aliphatic rings. The highest BCUT2D eigenvalue weighted by Gasteiger charge is 2.17. The number of benzene rings is 1. The molecule has 5 nitrogen and oxygen atoms in total. The number of hydrogen-bond donors (Lipinski definition) is 2. The van der Waals surface area contributed by atoms with Crippen LogP contribution in [0.5, 0.6) is 0 Å². The normalized spacial score (nSPS) is 12.6. The fourth-order valence-electron chi connectivity index (χ4n) is 3.03. The van der Waals surface area contributed by atoms with E-state index >= 15 is 0 Å². The SMILES string of the molecule is Cc1nn(CC(C)C)c(N(C)C)c1CNCc1ccc([C@@H](C)O)cc1. The highest BCUT2D eigenvalue weighted by atomic mass is 16.3. The van der Waals surface area contributed by atoms with Crippen LogP contribution in [0, 0.1) is 12.8 Å². The summed E-state index contributed by atoms with van der Waals surface area (Å²) in [6, 6.07) is 8.10. The van der Waals surface area contributed by atoms with E-state index in [0.29, 0.717) is 5.92 Å². The van der Waals surface area contributed by atoms with Crippen molar-refractivity contribution in [2.75, 3.05) is 19.0 Å². The van der Waals surface area contributed by atoms with Crippen LogP contribution in [0.4, 0.5) is 5.82 Å². The molecule has 0 spiro atoms. The van der Waals surface area contributed by atoms with Crippen molar-refractivity contribution in [2.45, 2.75) is 53.4 Å². The monoisotopic (exact) mass is 344 g/mol. The number of aryl methyl sites for hydroxylation is 1. The van der Waals surface area contributed by atoms with Crippen molar-refractivity contribution in [1.82, 2.24) is 15.1 Å². The Morgan fingerprint density at radius 2 is 1.76 bits per heavy atom. The topological polar surface area (TPSA) is 53.3 Å². The van der Waals surface area contributed by atoms with Gasteiger partial charge < -0.3 is 15.3 Å². The average molecular weight is 345 g/mol. The molecule has 0 radical (unpaired) electrons. The minimum absolute atomic E-state index is 0.417. The number of anilines is 1. The number of nitrogens with one attached hydrogen (secondary N) is 1. The molecule has 138 valence electrons. The first-order chi connectivity index (χ1) is 11.8. The quantitative estimate of drug-likeness (QED) is 0.772. The van der Waals surface area contributed by atoms with E-state index < -0.39 is 6.10 Å². The molecule has 0 saturated carbocycles. The third kappa shape index (κ3) is 5.06. The second-order valence-electron chi connectivity index (χ2n) is 7.38. The molecule has 0 amide bonds. The fraction of sp³-hybridized carbons (Fsp3) is 0.550. The van der Waals surface area contributed by atoms with E-state index in [2.05, 4.69) is 61.9 Å².